The van der Waals surface area contributed by atoms with E-state index in [0.29, 0.717) is 18.0 Å². The van der Waals surface area contributed by atoms with Crippen molar-refractivity contribution in [2.45, 2.75) is 50.6 Å². The first kappa shape index (κ1) is 16.4. The largest absolute Gasteiger partial charge is 0.326 e. The van der Waals surface area contributed by atoms with Crippen molar-refractivity contribution in [1.82, 2.24) is 4.31 Å². The molecule has 118 valence electrons. The first-order valence-electron chi connectivity index (χ1n) is 7.36. The molecular formula is C15H23FN2O2S. The van der Waals surface area contributed by atoms with Gasteiger partial charge < -0.3 is 5.73 Å². The summed E-state index contributed by atoms with van der Waals surface area (Å²) in [5, 5.41) is 0. The number of rotatable bonds is 7. The normalized spacial score (nSPS) is 15.9. The second-order valence-corrected chi connectivity index (χ2v) is 7.84. The van der Waals surface area contributed by atoms with E-state index in [1.54, 1.807) is 0 Å². The molecule has 0 aliphatic heterocycles. The van der Waals surface area contributed by atoms with Crippen LogP contribution in [-0.4, -0.2) is 25.3 Å². The Labute approximate surface area is 126 Å². The highest BCUT2D eigenvalue weighted by molar-refractivity contribution is 7.89. The van der Waals surface area contributed by atoms with Gasteiger partial charge in [0, 0.05) is 19.1 Å². The Kier molecular flexibility index (Phi) is 5.01. The Hall–Kier alpha value is -0.980. The first-order chi connectivity index (χ1) is 9.86. The molecule has 0 spiro atoms. The number of hydrogen-bond donors (Lipinski definition) is 1. The van der Waals surface area contributed by atoms with E-state index in [9.17, 15) is 12.8 Å². The van der Waals surface area contributed by atoms with E-state index in [2.05, 4.69) is 13.8 Å². The van der Waals surface area contributed by atoms with Crippen LogP contribution in [0.3, 0.4) is 0 Å². The smallest absolute Gasteiger partial charge is 0.243 e. The van der Waals surface area contributed by atoms with Crippen molar-refractivity contribution in [1.29, 1.82) is 0 Å². The standard InChI is InChI=1S/C15H23FN2O2S/c1-11(2)7-8-18(14-5-6-14)21(19,20)15-9-13(16)4-3-12(15)10-17/h3-4,9,11,14H,5-8,10,17H2,1-2H3. The van der Waals surface area contributed by atoms with E-state index in [1.807, 2.05) is 0 Å². The lowest BCUT2D eigenvalue weighted by Crippen LogP contribution is -2.35. The van der Waals surface area contributed by atoms with Gasteiger partial charge in [-0.1, -0.05) is 19.9 Å². The number of benzene rings is 1. The van der Waals surface area contributed by atoms with E-state index in [4.69, 9.17) is 5.73 Å². The zero-order valence-electron chi connectivity index (χ0n) is 12.5. The first-order valence-corrected chi connectivity index (χ1v) is 8.80. The van der Waals surface area contributed by atoms with E-state index in [1.165, 1.54) is 16.4 Å². The van der Waals surface area contributed by atoms with Crippen LogP contribution in [0.25, 0.3) is 0 Å². The van der Waals surface area contributed by atoms with Crippen LogP contribution >= 0.6 is 0 Å². The van der Waals surface area contributed by atoms with Crippen LogP contribution in [0, 0.1) is 11.7 Å². The molecular weight excluding hydrogens is 291 g/mol. The number of sulfonamides is 1. The van der Waals surface area contributed by atoms with Crippen LogP contribution in [0.2, 0.25) is 0 Å². The zero-order valence-corrected chi connectivity index (χ0v) is 13.4. The van der Waals surface area contributed by atoms with Crippen molar-refractivity contribution < 1.29 is 12.8 Å². The molecule has 1 aromatic rings. The molecule has 0 radical (unpaired) electrons. The highest BCUT2D eigenvalue weighted by Gasteiger charge is 2.38. The van der Waals surface area contributed by atoms with Gasteiger partial charge in [0.05, 0.1) is 4.90 Å². The van der Waals surface area contributed by atoms with Gasteiger partial charge in [0.25, 0.3) is 0 Å². The molecule has 1 aliphatic rings. The fraction of sp³-hybridized carbons (Fsp3) is 0.600. The fourth-order valence-corrected chi connectivity index (χ4v) is 4.26. The fourth-order valence-electron chi connectivity index (χ4n) is 2.31. The minimum atomic E-state index is -3.69. The van der Waals surface area contributed by atoms with Gasteiger partial charge in [0.1, 0.15) is 5.82 Å². The summed E-state index contributed by atoms with van der Waals surface area (Å²) in [6, 6.07) is 3.84. The van der Waals surface area contributed by atoms with E-state index in [-0.39, 0.29) is 17.5 Å². The molecule has 4 nitrogen and oxygen atoms in total. The maximum Gasteiger partial charge on any atom is 0.243 e. The maximum atomic E-state index is 13.5. The van der Waals surface area contributed by atoms with Crippen LogP contribution in [0.15, 0.2) is 23.1 Å². The molecule has 1 aliphatic carbocycles. The minimum absolute atomic E-state index is 0.0145. The summed E-state index contributed by atoms with van der Waals surface area (Å²) in [5.74, 6) is -0.131. The highest BCUT2D eigenvalue weighted by atomic mass is 32.2. The summed E-state index contributed by atoms with van der Waals surface area (Å²) in [7, 11) is -3.69. The maximum absolute atomic E-state index is 13.5. The quantitative estimate of drug-likeness (QED) is 0.841. The monoisotopic (exact) mass is 314 g/mol. The average Bonchev–Trinajstić information content (AvgIpc) is 3.23. The molecule has 0 aromatic heterocycles. The third-order valence-electron chi connectivity index (χ3n) is 3.72. The van der Waals surface area contributed by atoms with Gasteiger partial charge in [-0.3, -0.25) is 0 Å². The molecule has 1 aromatic carbocycles. The summed E-state index contributed by atoms with van der Waals surface area (Å²) in [6.45, 7) is 4.68. The number of halogens is 1. The third kappa shape index (κ3) is 3.81. The van der Waals surface area contributed by atoms with Crippen molar-refractivity contribution in [3.8, 4) is 0 Å². The number of nitrogens with two attached hydrogens (primary N) is 1. The predicted octanol–water partition coefficient (Wildman–Crippen LogP) is 2.48. The minimum Gasteiger partial charge on any atom is -0.326 e. The van der Waals surface area contributed by atoms with E-state index in [0.717, 1.165) is 25.3 Å². The van der Waals surface area contributed by atoms with Crippen LogP contribution in [0.5, 0.6) is 0 Å². The summed E-state index contributed by atoms with van der Waals surface area (Å²) in [4.78, 5) is 0.0145. The molecule has 1 saturated carbocycles. The Morgan fingerprint density at radius 1 is 1.38 bits per heavy atom. The van der Waals surface area contributed by atoms with Gasteiger partial charge in [-0.25, -0.2) is 12.8 Å². The lowest BCUT2D eigenvalue weighted by molar-refractivity contribution is 0.373. The molecule has 2 N–H and O–H groups in total. The van der Waals surface area contributed by atoms with E-state index >= 15 is 0 Å². The third-order valence-corrected chi connectivity index (χ3v) is 5.75. The second-order valence-electron chi connectivity index (χ2n) is 5.99. The molecule has 0 bridgehead atoms. The SMILES string of the molecule is CC(C)CCN(C1CC1)S(=O)(=O)c1cc(F)ccc1CN. The molecule has 0 atom stereocenters. The Bertz CT molecular complexity index is 598. The Morgan fingerprint density at radius 3 is 2.57 bits per heavy atom. The van der Waals surface area contributed by atoms with Gasteiger partial charge >= 0.3 is 0 Å². The summed E-state index contributed by atoms with van der Waals surface area (Å²) < 4.78 is 40.7. The molecule has 6 heteroatoms. The molecule has 2 rings (SSSR count). The second kappa shape index (κ2) is 6.42. The molecule has 1 fully saturated rings. The van der Waals surface area contributed by atoms with Crippen LogP contribution in [-0.2, 0) is 16.6 Å². The number of hydrogen-bond acceptors (Lipinski definition) is 3. The lowest BCUT2D eigenvalue weighted by atomic mass is 10.1. The zero-order chi connectivity index (χ0) is 15.6. The average molecular weight is 314 g/mol. The van der Waals surface area contributed by atoms with Gasteiger partial charge in [-0.2, -0.15) is 4.31 Å². The predicted molar refractivity (Wildman–Crippen MR) is 80.7 cm³/mol. The van der Waals surface area contributed by atoms with Gasteiger partial charge in [-0.15, -0.1) is 0 Å². The van der Waals surface area contributed by atoms with Crippen molar-refractivity contribution in [2.75, 3.05) is 6.54 Å². The summed E-state index contributed by atoms with van der Waals surface area (Å²) in [5.41, 5.74) is 6.07. The molecule has 0 heterocycles. The Balaban J connectivity index is 2.36. The highest BCUT2D eigenvalue weighted by Crippen LogP contribution is 2.33. The van der Waals surface area contributed by atoms with Crippen molar-refractivity contribution in [2.24, 2.45) is 11.7 Å². The van der Waals surface area contributed by atoms with E-state index < -0.39 is 15.8 Å². The molecule has 0 amide bonds. The van der Waals surface area contributed by atoms with Gasteiger partial charge in [-0.05, 0) is 42.9 Å². The van der Waals surface area contributed by atoms with Crippen molar-refractivity contribution in [3.05, 3.63) is 29.6 Å². The Morgan fingerprint density at radius 2 is 2.05 bits per heavy atom. The lowest BCUT2D eigenvalue weighted by Gasteiger charge is -2.24. The van der Waals surface area contributed by atoms with Crippen molar-refractivity contribution in [3.63, 3.8) is 0 Å². The summed E-state index contributed by atoms with van der Waals surface area (Å²) >= 11 is 0. The molecule has 0 unspecified atom stereocenters. The topological polar surface area (TPSA) is 63.4 Å². The number of nitrogens with zero attached hydrogens (tertiary/aromatic N) is 1. The van der Waals surface area contributed by atoms with Gasteiger partial charge in [0.15, 0.2) is 0 Å². The van der Waals surface area contributed by atoms with Crippen LogP contribution in [0.4, 0.5) is 4.39 Å². The van der Waals surface area contributed by atoms with Crippen LogP contribution < -0.4 is 5.73 Å². The van der Waals surface area contributed by atoms with Crippen LogP contribution in [0.1, 0.15) is 38.7 Å². The van der Waals surface area contributed by atoms with Gasteiger partial charge in [0.2, 0.25) is 10.0 Å². The molecule has 0 saturated heterocycles. The molecule has 21 heavy (non-hydrogen) atoms. The summed E-state index contributed by atoms with van der Waals surface area (Å²) in [6.07, 6.45) is 2.55. The van der Waals surface area contributed by atoms with Crippen molar-refractivity contribution >= 4 is 10.0 Å².